The minimum Gasteiger partial charge on any atom is -0.493 e. The maximum Gasteiger partial charge on any atom is 0.343 e. The Hall–Kier alpha value is -3.41. The molecule has 0 aliphatic heterocycles. The highest BCUT2D eigenvalue weighted by Gasteiger charge is 2.14. The number of unbranched alkanes of at least 4 members (excludes halogenated alkanes) is 8. The molecule has 39 heavy (non-hydrogen) atoms. The molecule has 4 nitrogen and oxygen atoms in total. The van der Waals surface area contributed by atoms with Crippen molar-refractivity contribution in [3.63, 3.8) is 0 Å². The number of halogens is 2. The standard InChI is InChI=1S/C33H40F2O4/c1-3-5-7-9-11-21-37-28-18-20-32(30(35)24-28)39-33(36)26-15-13-25(14-16-26)27-17-19-31(29(34)23-27)38-22-12-10-8-6-4-2/h13-20,23-24H,3-12,21-22H2,1-2H3. The number of hydrogen-bond donors (Lipinski definition) is 0. The third kappa shape index (κ3) is 10.0. The first-order chi connectivity index (χ1) is 19.0. The van der Waals surface area contributed by atoms with Crippen LogP contribution in [0.5, 0.6) is 17.2 Å². The van der Waals surface area contributed by atoms with Crippen molar-refractivity contribution >= 4 is 5.97 Å². The second kappa shape index (κ2) is 16.5. The molecule has 6 heteroatoms. The van der Waals surface area contributed by atoms with E-state index in [1.54, 1.807) is 42.5 Å². The van der Waals surface area contributed by atoms with Gasteiger partial charge in [-0.05, 0) is 60.4 Å². The van der Waals surface area contributed by atoms with E-state index in [4.69, 9.17) is 14.2 Å². The SMILES string of the molecule is CCCCCCCOc1ccc(OC(=O)c2ccc(-c3ccc(OCCCCCCC)c(F)c3)cc2)c(F)c1. The van der Waals surface area contributed by atoms with E-state index in [2.05, 4.69) is 13.8 Å². The molecule has 0 saturated carbocycles. The van der Waals surface area contributed by atoms with Crippen molar-refractivity contribution in [3.8, 4) is 28.4 Å². The van der Waals surface area contributed by atoms with E-state index in [0.717, 1.165) is 31.2 Å². The molecule has 0 spiro atoms. The molecule has 0 aromatic heterocycles. The van der Waals surface area contributed by atoms with Gasteiger partial charge in [0.1, 0.15) is 5.75 Å². The fourth-order valence-corrected chi connectivity index (χ4v) is 4.19. The van der Waals surface area contributed by atoms with Gasteiger partial charge in [-0.1, -0.05) is 83.4 Å². The van der Waals surface area contributed by atoms with E-state index in [1.807, 2.05) is 0 Å². The highest BCUT2D eigenvalue weighted by atomic mass is 19.1. The minimum absolute atomic E-state index is 0.164. The lowest BCUT2D eigenvalue weighted by atomic mass is 10.0. The summed E-state index contributed by atoms with van der Waals surface area (Å²) in [6, 6.07) is 15.6. The Balaban J connectivity index is 1.51. The van der Waals surface area contributed by atoms with E-state index in [1.165, 1.54) is 56.7 Å². The monoisotopic (exact) mass is 538 g/mol. The smallest absolute Gasteiger partial charge is 0.343 e. The average Bonchev–Trinajstić information content (AvgIpc) is 2.94. The van der Waals surface area contributed by atoms with Gasteiger partial charge in [0.25, 0.3) is 0 Å². The quantitative estimate of drug-likeness (QED) is 0.0975. The van der Waals surface area contributed by atoms with Crippen LogP contribution in [0.1, 0.15) is 88.4 Å². The van der Waals surface area contributed by atoms with Gasteiger partial charge < -0.3 is 14.2 Å². The van der Waals surface area contributed by atoms with Gasteiger partial charge in [-0.15, -0.1) is 0 Å². The molecule has 0 unspecified atom stereocenters. The van der Waals surface area contributed by atoms with Crippen LogP contribution in [0.3, 0.4) is 0 Å². The number of esters is 1. The molecule has 210 valence electrons. The summed E-state index contributed by atoms with van der Waals surface area (Å²) >= 11 is 0. The Morgan fingerprint density at radius 1 is 0.615 bits per heavy atom. The average molecular weight is 539 g/mol. The molecule has 0 saturated heterocycles. The van der Waals surface area contributed by atoms with Crippen LogP contribution in [0.15, 0.2) is 60.7 Å². The van der Waals surface area contributed by atoms with Crippen LogP contribution in [-0.4, -0.2) is 19.2 Å². The lowest BCUT2D eigenvalue weighted by Crippen LogP contribution is -2.09. The largest absolute Gasteiger partial charge is 0.493 e. The molecule has 0 heterocycles. The molecule has 0 amide bonds. The Morgan fingerprint density at radius 3 is 1.79 bits per heavy atom. The molecule has 0 atom stereocenters. The summed E-state index contributed by atoms with van der Waals surface area (Å²) < 4.78 is 45.5. The summed E-state index contributed by atoms with van der Waals surface area (Å²) in [6.45, 7) is 5.35. The number of carbonyl (C=O) groups is 1. The lowest BCUT2D eigenvalue weighted by Gasteiger charge is -2.10. The van der Waals surface area contributed by atoms with Gasteiger partial charge >= 0.3 is 5.97 Å². The van der Waals surface area contributed by atoms with Crippen LogP contribution >= 0.6 is 0 Å². The van der Waals surface area contributed by atoms with E-state index < -0.39 is 17.6 Å². The molecule has 0 radical (unpaired) electrons. The molecule has 0 aliphatic carbocycles. The van der Waals surface area contributed by atoms with Gasteiger partial charge in [-0.2, -0.15) is 0 Å². The first kappa shape index (κ1) is 30.1. The van der Waals surface area contributed by atoms with Crippen molar-refractivity contribution in [2.45, 2.75) is 78.1 Å². The van der Waals surface area contributed by atoms with E-state index >= 15 is 0 Å². The lowest BCUT2D eigenvalue weighted by molar-refractivity contribution is 0.0727. The van der Waals surface area contributed by atoms with Gasteiger partial charge in [0.05, 0.1) is 18.8 Å². The fourth-order valence-electron chi connectivity index (χ4n) is 4.19. The Morgan fingerprint density at radius 2 is 1.18 bits per heavy atom. The third-order valence-electron chi connectivity index (χ3n) is 6.51. The molecule has 0 N–H and O–H groups in total. The van der Waals surface area contributed by atoms with E-state index in [9.17, 15) is 13.6 Å². The zero-order valence-electron chi connectivity index (χ0n) is 23.1. The predicted octanol–water partition coefficient (Wildman–Crippen LogP) is 9.55. The Bertz CT molecular complexity index is 1160. The minimum atomic E-state index is -0.682. The molecule has 3 aromatic carbocycles. The van der Waals surface area contributed by atoms with Crippen LogP contribution in [0.25, 0.3) is 11.1 Å². The van der Waals surface area contributed by atoms with Gasteiger partial charge in [0, 0.05) is 6.07 Å². The summed E-state index contributed by atoms with van der Waals surface area (Å²) in [5.41, 5.74) is 1.66. The maximum absolute atomic E-state index is 14.6. The third-order valence-corrected chi connectivity index (χ3v) is 6.51. The zero-order chi connectivity index (χ0) is 27.9. The van der Waals surface area contributed by atoms with Crippen molar-refractivity contribution in [2.24, 2.45) is 0 Å². The van der Waals surface area contributed by atoms with Crippen molar-refractivity contribution in [3.05, 3.63) is 77.9 Å². The summed E-state index contributed by atoms with van der Waals surface area (Å²) in [6.07, 6.45) is 11.1. The zero-order valence-corrected chi connectivity index (χ0v) is 23.1. The van der Waals surface area contributed by atoms with Crippen LogP contribution < -0.4 is 14.2 Å². The maximum atomic E-state index is 14.6. The van der Waals surface area contributed by atoms with Crippen LogP contribution in [0.4, 0.5) is 8.78 Å². The molecule has 0 fully saturated rings. The number of carbonyl (C=O) groups excluding carboxylic acids is 1. The first-order valence-electron chi connectivity index (χ1n) is 14.2. The van der Waals surface area contributed by atoms with E-state index in [0.29, 0.717) is 24.5 Å². The van der Waals surface area contributed by atoms with Crippen LogP contribution in [-0.2, 0) is 0 Å². The topological polar surface area (TPSA) is 44.8 Å². The second-order valence-corrected chi connectivity index (χ2v) is 9.73. The van der Waals surface area contributed by atoms with Crippen molar-refractivity contribution in [1.29, 1.82) is 0 Å². The summed E-state index contributed by atoms with van der Waals surface area (Å²) in [7, 11) is 0. The van der Waals surface area contributed by atoms with Crippen LogP contribution in [0, 0.1) is 11.6 Å². The van der Waals surface area contributed by atoms with Gasteiger partial charge in [-0.3, -0.25) is 0 Å². The van der Waals surface area contributed by atoms with E-state index in [-0.39, 0.29) is 17.1 Å². The number of ether oxygens (including phenoxy) is 3. The fraction of sp³-hybridized carbons (Fsp3) is 0.424. The summed E-state index contributed by atoms with van der Waals surface area (Å²) in [5.74, 6) is -1.30. The molecule has 0 bridgehead atoms. The van der Waals surface area contributed by atoms with Gasteiger partial charge in [-0.25, -0.2) is 13.6 Å². The van der Waals surface area contributed by atoms with Crippen molar-refractivity contribution in [1.82, 2.24) is 0 Å². The molecule has 0 aliphatic rings. The first-order valence-corrected chi connectivity index (χ1v) is 14.2. The van der Waals surface area contributed by atoms with Crippen LogP contribution in [0.2, 0.25) is 0 Å². The van der Waals surface area contributed by atoms with Crippen molar-refractivity contribution in [2.75, 3.05) is 13.2 Å². The number of hydrogen-bond acceptors (Lipinski definition) is 4. The molecule has 3 rings (SSSR count). The highest BCUT2D eigenvalue weighted by molar-refractivity contribution is 5.91. The summed E-state index contributed by atoms with van der Waals surface area (Å²) in [5, 5.41) is 0. The Kier molecular flexibility index (Phi) is 12.8. The summed E-state index contributed by atoms with van der Waals surface area (Å²) in [4.78, 5) is 12.6. The van der Waals surface area contributed by atoms with Gasteiger partial charge in [0.15, 0.2) is 23.1 Å². The molecular weight excluding hydrogens is 498 g/mol. The highest BCUT2D eigenvalue weighted by Crippen LogP contribution is 2.27. The second-order valence-electron chi connectivity index (χ2n) is 9.73. The number of rotatable bonds is 17. The number of benzene rings is 3. The molecule has 3 aromatic rings. The van der Waals surface area contributed by atoms with Gasteiger partial charge in [0.2, 0.25) is 0 Å². The predicted molar refractivity (Wildman–Crippen MR) is 152 cm³/mol. The van der Waals surface area contributed by atoms with Crippen molar-refractivity contribution < 1.29 is 27.8 Å². The Labute approximate surface area is 231 Å². The molecular formula is C33H40F2O4. The normalized spacial score (nSPS) is 10.9.